The number of halogens is 6. The van der Waals surface area contributed by atoms with Gasteiger partial charge in [-0.3, -0.25) is 0 Å². The van der Waals surface area contributed by atoms with Gasteiger partial charge in [0, 0.05) is 11.8 Å². The third-order valence-corrected chi connectivity index (χ3v) is 8.08. The van der Waals surface area contributed by atoms with E-state index >= 15 is 0 Å². The van der Waals surface area contributed by atoms with Gasteiger partial charge < -0.3 is 0 Å². The van der Waals surface area contributed by atoms with Gasteiger partial charge in [0.05, 0.1) is 0 Å². The molecular weight excluding hydrogens is 270 g/mol. The van der Waals surface area contributed by atoms with Gasteiger partial charge in [0.1, 0.15) is 0 Å². The second kappa shape index (κ2) is 3.58. The number of nitrogens with zero attached hydrogens (tertiary/aromatic N) is 1. The highest BCUT2D eigenvalue weighted by Gasteiger charge is 2.38. The second-order valence-corrected chi connectivity index (χ2v) is 9.80. The Bertz CT molecular complexity index is 140. The molecule has 0 saturated heterocycles. The van der Waals surface area contributed by atoms with Crippen molar-refractivity contribution in [2.24, 2.45) is 4.26 Å². The summed E-state index contributed by atoms with van der Waals surface area (Å²) in [5.74, 6) is -2.98. The minimum atomic E-state index is -2.98. The van der Waals surface area contributed by atoms with Crippen molar-refractivity contribution in [1.82, 2.24) is 0 Å². The molecule has 0 atom stereocenters. The van der Waals surface area contributed by atoms with E-state index in [1.807, 2.05) is 0 Å². The zero-order valence-corrected chi connectivity index (χ0v) is 9.09. The Morgan fingerprint density at radius 1 is 1.11 bits per heavy atom. The zero-order valence-electron chi connectivity index (χ0n) is 3.66. The minimum absolute atomic E-state index is 1.79. The molecule has 0 aromatic rings. The third kappa shape index (κ3) is 3.25. The lowest BCUT2D eigenvalue weighted by atomic mass is 11.8. The van der Waals surface area contributed by atoms with Gasteiger partial charge in [0.25, 0.3) is 3.53 Å². The molecule has 0 spiro atoms. The summed E-state index contributed by atoms with van der Waals surface area (Å²) in [4.78, 5) is 0. The Morgan fingerprint density at radius 3 is 1.44 bits per heavy atom. The smallest absolute Gasteiger partial charge is 0.162 e. The van der Waals surface area contributed by atoms with Gasteiger partial charge in [0.15, 0.2) is 0 Å². The summed E-state index contributed by atoms with van der Waals surface area (Å²) >= 11 is 31.5. The molecule has 0 aliphatic heterocycles. The van der Waals surface area contributed by atoms with Gasteiger partial charge in [-0.1, -0.05) is 57.3 Å². The van der Waals surface area contributed by atoms with Gasteiger partial charge >= 0.3 is 0 Å². The van der Waals surface area contributed by atoms with E-state index in [0.717, 1.165) is 0 Å². The summed E-state index contributed by atoms with van der Waals surface area (Å²) in [6.45, 7) is 0. The molecule has 0 fully saturated rings. The van der Waals surface area contributed by atoms with Crippen LogP contribution in [0.5, 0.6) is 0 Å². The maximum Gasteiger partial charge on any atom is 0.252 e. The van der Waals surface area contributed by atoms with Crippen LogP contribution < -0.4 is 0 Å². The Balaban J connectivity index is 4.56. The summed E-state index contributed by atoms with van der Waals surface area (Å²) in [6.07, 6.45) is 0. The molecule has 9 heavy (non-hydrogen) atoms. The molecule has 0 unspecified atom stereocenters. The van der Waals surface area contributed by atoms with Crippen molar-refractivity contribution in [2.75, 3.05) is 0 Å². The van der Waals surface area contributed by atoms with Gasteiger partial charge in [-0.2, -0.15) is 4.26 Å². The molecule has 1 nitrogen and oxygen atoms in total. The first-order valence-electron chi connectivity index (χ1n) is 1.50. The molecule has 0 aliphatic rings. The summed E-state index contributed by atoms with van der Waals surface area (Å²) < 4.78 is 1.22. The molecular formula is CCl6NP. The average Bonchev–Trinajstić information content (AvgIpc) is 1.64. The molecule has 0 aromatic heterocycles. The molecule has 0 rings (SSSR count). The Hall–Kier alpha value is 1.97. The van der Waals surface area contributed by atoms with Crippen LogP contribution >= 0.6 is 74.8 Å². The van der Waals surface area contributed by atoms with Crippen molar-refractivity contribution in [3.63, 3.8) is 0 Å². The molecule has 0 aliphatic carbocycles. The van der Waals surface area contributed by atoms with Crippen LogP contribution in [0.2, 0.25) is 0 Å². The highest BCUT2D eigenvalue weighted by molar-refractivity contribution is 8.14. The Kier molecular flexibility index (Phi) is 4.36. The predicted octanol–water partition coefficient (Wildman–Crippen LogP) is 4.98. The number of rotatable bonds is 0. The van der Waals surface area contributed by atoms with Crippen LogP contribution in [-0.2, 0) is 0 Å². The van der Waals surface area contributed by atoms with Crippen LogP contribution in [0.25, 0.3) is 0 Å². The zero-order chi connectivity index (χ0) is 7.71. The lowest BCUT2D eigenvalue weighted by Gasteiger charge is -2.14. The quantitative estimate of drug-likeness (QED) is 0.435. The van der Waals surface area contributed by atoms with Crippen LogP contribution in [0.3, 0.4) is 0 Å². The molecule has 56 valence electrons. The highest BCUT2D eigenvalue weighted by Crippen LogP contribution is 2.75. The fraction of sp³-hybridized carbons (Fsp3) is 1.00. The lowest BCUT2D eigenvalue weighted by Crippen LogP contribution is -1.93. The van der Waals surface area contributed by atoms with Gasteiger partial charge in [-0.05, 0) is 0 Å². The summed E-state index contributed by atoms with van der Waals surface area (Å²) in [5.41, 5.74) is 0. The number of hydrogen-bond donors (Lipinski definition) is 0. The van der Waals surface area contributed by atoms with E-state index in [2.05, 4.69) is 4.26 Å². The largest absolute Gasteiger partial charge is 0.252 e. The van der Waals surface area contributed by atoms with Crippen LogP contribution in [0.15, 0.2) is 4.26 Å². The van der Waals surface area contributed by atoms with E-state index in [4.69, 9.17) is 69.1 Å². The summed E-state index contributed by atoms with van der Waals surface area (Å²) in [7, 11) is 0. The molecule has 0 saturated carbocycles. The first-order chi connectivity index (χ1) is 3.81. The van der Waals surface area contributed by atoms with E-state index in [0.29, 0.717) is 0 Å². The van der Waals surface area contributed by atoms with Crippen LogP contribution in [-0.4, -0.2) is 3.53 Å². The molecule has 0 N–H and O–H groups in total. The first-order valence-corrected chi connectivity index (χ1v) is 6.52. The lowest BCUT2D eigenvalue weighted by molar-refractivity contribution is 1.73. The predicted molar refractivity (Wildman–Crippen MR) is 47.2 cm³/mol. The average molecular weight is 270 g/mol. The number of hydrogen-bond acceptors (Lipinski definition) is 1. The topological polar surface area (TPSA) is 12.4 Å². The van der Waals surface area contributed by atoms with Crippen molar-refractivity contribution in [3.05, 3.63) is 0 Å². The van der Waals surface area contributed by atoms with Crippen molar-refractivity contribution in [1.29, 1.82) is 0 Å². The minimum Gasteiger partial charge on any atom is -0.162 e. The molecule has 0 amide bonds. The first kappa shape index (κ1) is 11.0. The summed E-state index contributed by atoms with van der Waals surface area (Å²) in [5, 5.41) is 0. The van der Waals surface area contributed by atoms with E-state index in [9.17, 15) is 0 Å². The van der Waals surface area contributed by atoms with E-state index < -0.39 is 9.29 Å². The van der Waals surface area contributed by atoms with Crippen LogP contribution in [0.4, 0.5) is 0 Å². The number of alkyl halides is 3. The van der Waals surface area contributed by atoms with Crippen LogP contribution in [0, 0.1) is 0 Å². The van der Waals surface area contributed by atoms with Crippen molar-refractivity contribution in [3.8, 4) is 0 Å². The van der Waals surface area contributed by atoms with E-state index in [-0.39, 0.29) is 0 Å². The van der Waals surface area contributed by atoms with Crippen LogP contribution in [0.1, 0.15) is 0 Å². The SMILES string of the molecule is ClN=P(Cl)(Cl)C(Cl)(Cl)Cl. The molecule has 0 heterocycles. The molecule has 8 heteroatoms. The monoisotopic (exact) mass is 267 g/mol. The Labute approximate surface area is 82.2 Å². The van der Waals surface area contributed by atoms with Gasteiger partial charge in [-0.25, -0.2) is 0 Å². The van der Waals surface area contributed by atoms with Crippen molar-refractivity contribution >= 4 is 74.8 Å². The fourth-order valence-corrected chi connectivity index (χ4v) is 1.16. The highest BCUT2D eigenvalue weighted by atomic mass is 35.9. The molecule has 0 bridgehead atoms. The van der Waals surface area contributed by atoms with Crippen molar-refractivity contribution < 1.29 is 0 Å². The summed E-state index contributed by atoms with van der Waals surface area (Å²) in [6, 6.07) is 0. The second-order valence-electron chi connectivity index (χ2n) is 1.03. The van der Waals surface area contributed by atoms with E-state index in [1.54, 1.807) is 0 Å². The fourth-order valence-electron chi connectivity index (χ4n) is 0.0429. The standard InChI is InChI=1S/CCl6NP/c2-1(3,4)9(6,7)8-5. The molecule has 0 radical (unpaired) electrons. The van der Waals surface area contributed by atoms with E-state index in [1.165, 1.54) is 0 Å². The maximum atomic E-state index is 5.38. The van der Waals surface area contributed by atoms with Gasteiger partial charge in [-0.15, -0.1) is 0 Å². The molecule has 0 aromatic carbocycles. The van der Waals surface area contributed by atoms with Crippen molar-refractivity contribution in [2.45, 2.75) is 3.53 Å². The third-order valence-electron chi connectivity index (χ3n) is 0.400. The normalized spacial score (nSPS) is 13.6. The maximum absolute atomic E-state index is 5.38. The van der Waals surface area contributed by atoms with Gasteiger partial charge in [0.2, 0.25) is 5.76 Å². The Morgan fingerprint density at radius 2 is 1.44 bits per heavy atom.